The summed E-state index contributed by atoms with van der Waals surface area (Å²) in [6, 6.07) is -0.511. The standard InChI is InChI=1S/C11H18N2O3.ClH/c1-2-6-12-10(14)8-13-7-4-3-5-9(13)11(15)16;/h2,9H,1,3-8H2,(H,12,14)(H,15,16);1H. The van der Waals surface area contributed by atoms with Crippen LogP contribution in [0.1, 0.15) is 19.3 Å². The van der Waals surface area contributed by atoms with E-state index >= 15 is 0 Å². The zero-order valence-corrected chi connectivity index (χ0v) is 10.5. The summed E-state index contributed by atoms with van der Waals surface area (Å²) in [6.07, 6.45) is 4.10. The number of hydrogen-bond donors (Lipinski definition) is 2. The average Bonchev–Trinajstić information content (AvgIpc) is 2.27. The minimum absolute atomic E-state index is 0. The first-order chi connectivity index (χ1) is 7.65. The fourth-order valence-electron chi connectivity index (χ4n) is 1.89. The molecule has 0 radical (unpaired) electrons. The Bertz CT molecular complexity index is 284. The molecule has 17 heavy (non-hydrogen) atoms. The van der Waals surface area contributed by atoms with Crippen molar-refractivity contribution in [3.63, 3.8) is 0 Å². The lowest BCUT2D eigenvalue weighted by atomic mass is 10.0. The van der Waals surface area contributed by atoms with Crippen molar-refractivity contribution in [3.05, 3.63) is 12.7 Å². The Balaban J connectivity index is 0.00000256. The number of halogens is 1. The number of nitrogens with zero attached hydrogens (tertiary/aromatic N) is 1. The molecule has 0 aromatic carbocycles. The Hall–Kier alpha value is -1.07. The molecule has 2 N–H and O–H groups in total. The van der Waals surface area contributed by atoms with E-state index in [1.54, 1.807) is 11.0 Å². The zero-order valence-electron chi connectivity index (χ0n) is 9.72. The van der Waals surface area contributed by atoms with Crippen LogP contribution in [0.25, 0.3) is 0 Å². The van der Waals surface area contributed by atoms with E-state index in [1.807, 2.05) is 0 Å². The van der Waals surface area contributed by atoms with Crippen LogP contribution in [0, 0.1) is 0 Å². The van der Waals surface area contributed by atoms with E-state index in [1.165, 1.54) is 0 Å². The highest BCUT2D eigenvalue weighted by molar-refractivity contribution is 5.85. The molecule has 0 saturated carbocycles. The van der Waals surface area contributed by atoms with Crippen molar-refractivity contribution >= 4 is 24.3 Å². The molecule has 1 aliphatic rings. The van der Waals surface area contributed by atoms with Crippen LogP contribution in [-0.2, 0) is 9.59 Å². The van der Waals surface area contributed by atoms with E-state index in [9.17, 15) is 9.59 Å². The maximum atomic E-state index is 11.4. The normalized spacial score (nSPS) is 20.1. The van der Waals surface area contributed by atoms with Crippen molar-refractivity contribution in [2.45, 2.75) is 25.3 Å². The molecule has 1 amide bonds. The Morgan fingerprint density at radius 2 is 2.18 bits per heavy atom. The van der Waals surface area contributed by atoms with Gasteiger partial charge in [0, 0.05) is 6.54 Å². The summed E-state index contributed by atoms with van der Waals surface area (Å²) in [6.45, 7) is 4.76. The van der Waals surface area contributed by atoms with Gasteiger partial charge in [0.2, 0.25) is 5.91 Å². The fraction of sp³-hybridized carbons (Fsp3) is 0.636. The van der Waals surface area contributed by atoms with Crippen LogP contribution < -0.4 is 5.32 Å². The fourth-order valence-corrected chi connectivity index (χ4v) is 1.89. The van der Waals surface area contributed by atoms with Gasteiger partial charge in [-0.05, 0) is 19.4 Å². The number of piperidine rings is 1. The predicted octanol–water partition coefficient (Wildman–Crippen LogP) is 0.649. The van der Waals surface area contributed by atoms with Gasteiger partial charge < -0.3 is 10.4 Å². The topological polar surface area (TPSA) is 69.6 Å². The molecular weight excluding hydrogens is 244 g/mol. The highest BCUT2D eigenvalue weighted by atomic mass is 35.5. The molecule has 1 fully saturated rings. The molecular formula is C11H19ClN2O3. The molecule has 1 atom stereocenters. The molecule has 6 heteroatoms. The third-order valence-corrected chi connectivity index (χ3v) is 2.69. The molecule has 0 aromatic heterocycles. The number of carbonyl (C=O) groups is 2. The first-order valence-corrected chi connectivity index (χ1v) is 5.49. The van der Waals surface area contributed by atoms with Crippen molar-refractivity contribution in [1.29, 1.82) is 0 Å². The summed E-state index contributed by atoms with van der Waals surface area (Å²) < 4.78 is 0. The van der Waals surface area contributed by atoms with Crippen LogP contribution in [0.5, 0.6) is 0 Å². The smallest absolute Gasteiger partial charge is 0.320 e. The van der Waals surface area contributed by atoms with Crippen LogP contribution in [0.4, 0.5) is 0 Å². The largest absolute Gasteiger partial charge is 0.480 e. The van der Waals surface area contributed by atoms with Gasteiger partial charge >= 0.3 is 5.97 Å². The third-order valence-electron chi connectivity index (χ3n) is 2.69. The van der Waals surface area contributed by atoms with Crippen LogP contribution in [0.3, 0.4) is 0 Å². The second-order valence-electron chi connectivity index (χ2n) is 3.91. The minimum Gasteiger partial charge on any atom is -0.480 e. The van der Waals surface area contributed by atoms with Gasteiger partial charge in [-0.1, -0.05) is 12.5 Å². The number of carbonyl (C=O) groups excluding carboxylic acids is 1. The van der Waals surface area contributed by atoms with Crippen molar-refractivity contribution in [2.75, 3.05) is 19.6 Å². The number of hydrogen-bond acceptors (Lipinski definition) is 3. The molecule has 0 spiro atoms. The number of aliphatic carboxylic acids is 1. The SMILES string of the molecule is C=CCNC(=O)CN1CCCCC1C(=O)O.Cl. The van der Waals surface area contributed by atoms with Gasteiger partial charge in [0.1, 0.15) is 6.04 Å². The highest BCUT2D eigenvalue weighted by Gasteiger charge is 2.29. The predicted molar refractivity (Wildman–Crippen MR) is 67.3 cm³/mol. The number of rotatable bonds is 5. The summed E-state index contributed by atoms with van der Waals surface area (Å²) in [4.78, 5) is 24.1. The van der Waals surface area contributed by atoms with Gasteiger partial charge in [-0.15, -0.1) is 19.0 Å². The lowest BCUT2D eigenvalue weighted by Crippen LogP contribution is -2.49. The Morgan fingerprint density at radius 3 is 2.76 bits per heavy atom. The second kappa shape index (κ2) is 8.08. The molecule has 1 heterocycles. The monoisotopic (exact) mass is 262 g/mol. The van der Waals surface area contributed by atoms with Gasteiger partial charge in [0.15, 0.2) is 0 Å². The molecule has 0 aliphatic carbocycles. The Labute approximate surface area is 107 Å². The number of carboxylic acids is 1. The molecule has 1 rings (SSSR count). The number of likely N-dealkylation sites (tertiary alicyclic amines) is 1. The summed E-state index contributed by atoms with van der Waals surface area (Å²) >= 11 is 0. The Kier molecular flexibility index (Phi) is 7.58. The molecule has 0 aromatic rings. The first kappa shape index (κ1) is 15.9. The quantitative estimate of drug-likeness (QED) is 0.714. The third kappa shape index (κ3) is 5.19. The highest BCUT2D eigenvalue weighted by Crippen LogP contribution is 2.16. The first-order valence-electron chi connectivity index (χ1n) is 5.49. The Morgan fingerprint density at radius 1 is 1.47 bits per heavy atom. The van der Waals surface area contributed by atoms with Crippen LogP contribution >= 0.6 is 12.4 Å². The minimum atomic E-state index is -0.837. The summed E-state index contributed by atoms with van der Waals surface area (Å²) in [5.41, 5.74) is 0. The number of carboxylic acid groups (broad SMARTS) is 1. The molecule has 0 bridgehead atoms. The lowest BCUT2D eigenvalue weighted by Gasteiger charge is -2.32. The van der Waals surface area contributed by atoms with E-state index < -0.39 is 12.0 Å². The molecule has 5 nitrogen and oxygen atoms in total. The zero-order chi connectivity index (χ0) is 12.0. The lowest BCUT2D eigenvalue weighted by molar-refractivity contribution is -0.145. The van der Waals surface area contributed by atoms with Crippen molar-refractivity contribution in [2.24, 2.45) is 0 Å². The van der Waals surface area contributed by atoms with Crippen molar-refractivity contribution in [1.82, 2.24) is 10.2 Å². The average molecular weight is 263 g/mol. The van der Waals surface area contributed by atoms with E-state index in [0.717, 1.165) is 12.8 Å². The van der Waals surface area contributed by atoms with Gasteiger partial charge in [-0.25, -0.2) is 0 Å². The maximum Gasteiger partial charge on any atom is 0.320 e. The van der Waals surface area contributed by atoms with Gasteiger partial charge in [0.25, 0.3) is 0 Å². The van der Waals surface area contributed by atoms with Crippen LogP contribution in [0.2, 0.25) is 0 Å². The van der Waals surface area contributed by atoms with Gasteiger partial charge in [-0.3, -0.25) is 14.5 Å². The van der Waals surface area contributed by atoms with E-state index in [4.69, 9.17) is 5.11 Å². The molecule has 1 saturated heterocycles. The van der Waals surface area contributed by atoms with Crippen molar-refractivity contribution in [3.8, 4) is 0 Å². The summed E-state index contributed by atoms with van der Waals surface area (Å²) in [5.74, 6) is -0.982. The summed E-state index contributed by atoms with van der Waals surface area (Å²) in [5, 5.41) is 11.7. The van der Waals surface area contributed by atoms with Gasteiger partial charge in [0.05, 0.1) is 6.54 Å². The maximum absolute atomic E-state index is 11.4. The van der Waals surface area contributed by atoms with E-state index in [2.05, 4.69) is 11.9 Å². The van der Waals surface area contributed by atoms with Crippen LogP contribution in [-0.4, -0.2) is 47.6 Å². The summed E-state index contributed by atoms with van der Waals surface area (Å²) in [7, 11) is 0. The van der Waals surface area contributed by atoms with Crippen LogP contribution in [0.15, 0.2) is 12.7 Å². The molecule has 1 aliphatic heterocycles. The van der Waals surface area contributed by atoms with E-state index in [-0.39, 0.29) is 24.9 Å². The molecule has 98 valence electrons. The second-order valence-corrected chi connectivity index (χ2v) is 3.91. The molecule has 1 unspecified atom stereocenters. The van der Waals surface area contributed by atoms with Crippen molar-refractivity contribution < 1.29 is 14.7 Å². The number of nitrogens with one attached hydrogen (secondary N) is 1. The number of amides is 1. The van der Waals surface area contributed by atoms with Gasteiger partial charge in [-0.2, -0.15) is 0 Å². The van der Waals surface area contributed by atoms with E-state index in [0.29, 0.717) is 19.5 Å².